The zero-order chi connectivity index (χ0) is 15.5. The van der Waals surface area contributed by atoms with Crippen molar-refractivity contribution >= 4 is 0 Å². The Bertz CT molecular complexity index is 467. The topological polar surface area (TPSA) is 41.9 Å². The first-order chi connectivity index (χ1) is 9.87. The standard InChI is InChI=1S/C14H18F3NO3/c1-10-9-20-13(8-19)7-18(10)6-11-3-2-4-12(5-11)21-14(15,16)17/h2-5,10,13,19H,6-9H2,1H3/t10-,13-/m0/s1. The number of rotatable bonds is 4. The highest BCUT2D eigenvalue weighted by Crippen LogP contribution is 2.24. The van der Waals surface area contributed by atoms with Gasteiger partial charge in [-0.3, -0.25) is 4.90 Å². The number of hydrogen-bond acceptors (Lipinski definition) is 4. The number of nitrogens with zero attached hydrogens (tertiary/aromatic N) is 1. The van der Waals surface area contributed by atoms with Crippen LogP contribution in [0.3, 0.4) is 0 Å². The summed E-state index contributed by atoms with van der Waals surface area (Å²) >= 11 is 0. The monoisotopic (exact) mass is 305 g/mol. The number of hydrogen-bond donors (Lipinski definition) is 1. The summed E-state index contributed by atoms with van der Waals surface area (Å²) in [6, 6.07) is 6.07. The number of halogens is 3. The van der Waals surface area contributed by atoms with E-state index in [0.717, 1.165) is 5.56 Å². The van der Waals surface area contributed by atoms with Crippen molar-refractivity contribution in [3.8, 4) is 5.75 Å². The van der Waals surface area contributed by atoms with E-state index in [1.54, 1.807) is 6.07 Å². The predicted molar refractivity (Wildman–Crippen MR) is 69.8 cm³/mol. The van der Waals surface area contributed by atoms with Gasteiger partial charge >= 0.3 is 6.36 Å². The summed E-state index contributed by atoms with van der Waals surface area (Å²) in [4.78, 5) is 2.07. The lowest BCUT2D eigenvalue weighted by molar-refractivity contribution is -0.274. The summed E-state index contributed by atoms with van der Waals surface area (Å²) in [6.45, 7) is 3.42. The van der Waals surface area contributed by atoms with Crippen molar-refractivity contribution in [1.82, 2.24) is 4.90 Å². The average Bonchev–Trinajstić information content (AvgIpc) is 2.40. The van der Waals surface area contributed by atoms with E-state index in [4.69, 9.17) is 9.84 Å². The van der Waals surface area contributed by atoms with Gasteiger partial charge in [-0.15, -0.1) is 13.2 Å². The normalized spacial score (nSPS) is 24.0. The lowest BCUT2D eigenvalue weighted by Gasteiger charge is -2.37. The summed E-state index contributed by atoms with van der Waals surface area (Å²) in [5.41, 5.74) is 0.724. The first-order valence-corrected chi connectivity index (χ1v) is 6.68. The first kappa shape index (κ1) is 16.1. The van der Waals surface area contributed by atoms with Gasteiger partial charge in [-0.2, -0.15) is 0 Å². The molecule has 1 heterocycles. The van der Waals surface area contributed by atoms with Gasteiger partial charge in [-0.1, -0.05) is 12.1 Å². The minimum absolute atomic E-state index is 0.0690. The molecule has 0 unspecified atom stereocenters. The van der Waals surface area contributed by atoms with Crippen LogP contribution in [0.1, 0.15) is 12.5 Å². The van der Waals surface area contributed by atoms with Crippen LogP contribution in [-0.4, -0.2) is 48.3 Å². The van der Waals surface area contributed by atoms with E-state index in [0.29, 0.717) is 19.7 Å². The number of aliphatic hydroxyl groups is 1. The Morgan fingerprint density at radius 3 is 2.86 bits per heavy atom. The molecule has 1 saturated heterocycles. The molecule has 0 bridgehead atoms. The molecule has 1 aliphatic rings. The number of morpholine rings is 1. The van der Waals surface area contributed by atoms with Gasteiger partial charge in [0.2, 0.25) is 0 Å². The number of aliphatic hydroxyl groups excluding tert-OH is 1. The van der Waals surface area contributed by atoms with E-state index in [1.807, 2.05) is 6.92 Å². The molecule has 2 atom stereocenters. The molecular formula is C14H18F3NO3. The molecule has 0 radical (unpaired) electrons. The van der Waals surface area contributed by atoms with Crippen LogP contribution in [0, 0.1) is 0 Å². The van der Waals surface area contributed by atoms with Crippen molar-refractivity contribution in [1.29, 1.82) is 0 Å². The smallest absolute Gasteiger partial charge is 0.406 e. The second-order valence-electron chi connectivity index (χ2n) is 5.11. The zero-order valence-corrected chi connectivity index (χ0v) is 11.6. The molecule has 4 nitrogen and oxygen atoms in total. The van der Waals surface area contributed by atoms with Crippen LogP contribution in [0.25, 0.3) is 0 Å². The van der Waals surface area contributed by atoms with Gasteiger partial charge in [-0.25, -0.2) is 0 Å². The van der Waals surface area contributed by atoms with E-state index in [-0.39, 0.29) is 24.5 Å². The maximum absolute atomic E-state index is 12.2. The molecule has 21 heavy (non-hydrogen) atoms. The molecule has 0 spiro atoms. The van der Waals surface area contributed by atoms with Crippen LogP contribution in [0.2, 0.25) is 0 Å². The van der Waals surface area contributed by atoms with Gasteiger partial charge in [0.25, 0.3) is 0 Å². The molecule has 0 saturated carbocycles. The van der Waals surface area contributed by atoms with Crippen LogP contribution in [0.5, 0.6) is 5.75 Å². The molecule has 0 aromatic heterocycles. The molecule has 0 aliphatic carbocycles. The molecule has 1 aromatic carbocycles. The summed E-state index contributed by atoms with van der Waals surface area (Å²) in [6.07, 6.45) is -4.94. The van der Waals surface area contributed by atoms with Gasteiger partial charge in [0, 0.05) is 19.1 Å². The molecule has 1 N–H and O–H groups in total. The third-order valence-electron chi connectivity index (χ3n) is 3.36. The van der Waals surface area contributed by atoms with Crippen molar-refractivity contribution in [3.05, 3.63) is 29.8 Å². The molecular weight excluding hydrogens is 287 g/mol. The average molecular weight is 305 g/mol. The molecule has 1 fully saturated rings. The number of alkyl halides is 3. The third kappa shape index (κ3) is 4.87. The Balaban J connectivity index is 2.03. The Morgan fingerprint density at radius 2 is 2.19 bits per heavy atom. The summed E-state index contributed by atoms with van der Waals surface area (Å²) < 4.78 is 46.0. The Kier molecular flexibility index (Phi) is 5.08. The van der Waals surface area contributed by atoms with Gasteiger partial charge < -0.3 is 14.6 Å². The van der Waals surface area contributed by atoms with Gasteiger partial charge in [0.05, 0.1) is 19.3 Å². The third-order valence-corrected chi connectivity index (χ3v) is 3.36. The maximum atomic E-state index is 12.2. The quantitative estimate of drug-likeness (QED) is 0.926. The van der Waals surface area contributed by atoms with Crippen LogP contribution in [0.15, 0.2) is 24.3 Å². The lowest BCUT2D eigenvalue weighted by atomic mass is 10.1. The fraction of sp³-hybridized carbons (Fsp3) is 0.571. The minimum Gasteiger partial charge on any atom is -0.406 e. The van der Waals surface area contributed by atoms with Crippen LogP contribution in [0.4, 0.5) is 13.2 Å². The molecule has 118 valence electrons. The molecule has 2 rings (SSSR count). The van der Waals surface area contributed by atoms with Crippen molar-refractivity contribution in [2.24, 2.45) is 0 Å². The summed E-state index contributed by atoms with van der Waals surface area (Å²) in [5.74, 6) is -0.223. The SMILES string of the molecule is C[C@H]1CO[C@H](CO)CN1Cc1cccc(OC(F)(F)F)c1. The number of ether oxygens (including phenoxy) is 2. The highest BCUT2D eigenvalue weighted by Gasteiger charge is 2.31. The van der Waals surface area contributed by atoms with Gasteiger partial charge in [0.1, 0.15) is 5.75 Å². The maximum Gasteiger partial charge on any atom is 0.573 e. The molecule has 0 amide bonds. The lowest BCUT2D eigenvalue weighted by Crippen LogP contribution is -2.48. The second kappa shape index (κ2) is 6.64. The largest absolute Gasteiger partial charge is 0.573 e. The van der Waals surface area contributed by atoms with Crippen LogP contribution in [-0.2, 0) is 11.3 Å². The summed E-state index contributed by atoms with van der Waals surface area (Å²) in [7, 11) is 0. The Hall–Kier alpha value is -1.31. The second-order valence-corrected chi connectivity index (χ2v) is 5.11. The molecule has 1 aromatic rings. The van der Waals surface area contributed by atoms with Crippen molar-refractivity contribution in [2.75, 3.05) is 19.8 Å². The molecule has 1 aliphatic heterocycles. The number of benzene rings is 1. The van der Waals surface area contributed by atoms with E-state index in [2.05, 4.69) is 9.64 Å². The van der Waals surface area contributed by atoms with E-state index >= 15 is 0 Å². The molecule has 7 heteroatoms. The van der Waals surface area contributed by atoms with Crippen LogP contribution >= 0.6 is 0 Å². The highest BCUT2D eigenvalue weighted by atomic mass is 19.4. The Labute approximate surface area is 121 Å². The van der Waals surface area contributed by atoms with Crippen molar-refractivity contribution in [3.63, 3.8) is 0 Å². The van der Waals surface area contributed by atoms with Gasteiger partial charge in [0.15, 0.2) is 0 Å². The van der Waals surface area contributed by atoms with E-state index in [1.165, 1.54) is 18.2 Å². The van der Waals surface area contributed by atoms with Crippen LogP contribution < -0.4 is 4.74 Å². The van der Waals surface area contributed by atoms with E-state index < -0.39 is 6.36 Å². The van der Waals surface area contributed by atoms with Crippen molar-refractivity contribution < 1.29 is 27.8 Å². The highest BCUT2D eigenvalue weighted by molar-refractivity contribution is 5.28. The Morgan fingerprint density at radius 1 is 1.43 bits per heavy atom. The minimum atomic E-state index is -4.69. The van der Waals surface area contributed by atoms with Crippen molar-refractivity contribution in [2.45, 2.75) is 32.0 Å². The zero-order valence-electron chi connectivity index (χ0n) is 11.6. The summed E-state index contributed by atoms with van der Waals surface area (Å²) in [5, 5.41) is 9.14. The fourth-order valence-corrected chi connectivity index (χ4v) is 2.28. The fourth-order valence-electron chi connectivity index (χ4n) is 2.28. The predicted octanol–water partition coefficient (Wildman–Crippen LogP) is 2.17. The van der Waals surface area contributed by atoms with E-state index in [9.17, 15) is 13.2 Å². The van der Waals surface area contributed by atoms with Gasteiger partial charge in [-0.05, 0) is 24.6 Å². The first-order valence-electron chi connectivity index (χ1n) is 6.68.